The molecule has 74 valence electrons. The van der Waals surface area contributed by atoms with E-state index in [0.29, 0.717) is 4.47 Å². The Morgan fingerprint density at radius 1 is 1.29 bits per heavy atom. The number of benzene rings is 1. The number of hydrogen-bond donors (Lipinski definition) is 1. The first-order chi connectivity index (χ1) is 6.70. The van der Waals surface area contributed by atoms with Gasteiger partial charge in [0.05, 0.1) is 5.56 Å². The van der Waals surface area contributed by atoms with Gasteiger partial charge in [-0.15, -0.1) is 0 Å². The number of phenolic OH excluding ortho intramolecular Hbond substituents is 1. The smallest absolute Gasteiger partial charge is 0.270 e. The summed E-state index contributed by atoms with van der Waals surface area (Å²) in [6.07, 6.45) is 1.80. The highest BCUT2D eigenvalue weighted by atomic mass is 79.9. The Bertz CT molecular complexity index is 384. The van der Waals surface area contributed by atoms with Crippen LogP contribution in [0.1, 0.15) is 11.9 Å². The summed E-state index contributed by atoms with van der Waals surface area (Å²) >= 11 is 3.15. The molecule has 2 rings (SSSR count). The molecule has 1 aromatic carbocycles. The minimum Gasteiger partial charge on any atom is -0.505 e. The summed E-state index contributed by atoms with van der Waals surface area (Å²) in [4.78, 5) is 0. The molecule has 0 atom stereocenters. The van der Waals surface area contributed by atoms with Gasteiger partial charge in [-0.1, -0.05) is 15.9 Å². The molecule has 0 fully saturated rings. The SMILES string of the molecule is Oc1ccc(Br)c(C2OC=CO2)c1F. The number of hydrogen-bond acceptors (Lipinski definition) is 3. The van der Waals surface area contributed by atoms with Crippen LogP contribution in [0.2, 0.25) is 0 Å². The minimum atomic E-state index is -0.837. The molecule has 1 N–H and O–H groups in total. The fourth-order valence-corrected chi connectivity index (χ4v) is 1.64. The van der Waals surface area contributed by atoms with Crippen LogP contribution in [-0.4, -0.2) is 5.11 Å². The number of aromatic hydroxyl groups is 1. The topological polar surface area (TPSA) is 38.7 Å². The molecule has 0 aromatic heterocycles. The summed E-state index contributed by atoms with van der Waals surface area (Å²) in [6, 6.07) is 2.78. The van der Waals surface area contributed by atoms with Crippen LogP contribution in [0.3, 0.4) is 0 Å². The average Bonchev–Trinajstić information content (AvgIpc) is 2.65. The van der Waals surface area contributed by atoms with Crippen molar-refractivity contribution in [3.63, 3.8) is 0 Å². The largest absolute Gasteiger partial charge is 0.505 e. The van der Waals surface area contributed by atoms with Crippen LogP contribution in [0.15, 0.2) is 29.1 Å². The van der Waals surface area contributed by atoms with E-state index >= 15 is 0 Å². The van der Waals surface area contributed by atoms with Crippen molar-refractivity contribution >= 4 is 15.9 Å². The molecule has 1 aliphatic rings. The maximum Gasteiger partial charge on any atom is 0.270 e. The van der Waals surface area contributed by atoms with Crippen molar-refractivity contribution in [2.75, 3.05) is 0 Å². The van der Waals surface area contributed by atoms with Crippen molar-refractivity contribution in [2.24, 2.45) is 0 Å². The zero-order valence-electron chi connectivity index (χ0n) is 6.91. The zero-order chi connectivity index (χ0) is 10.1. The van der Waals surface area contributed by atoms with Crippen molar-refractivity contribution in [3.05, 3.63) is 40.5 Å². The number of phenols is 1. The second-order valence-electron chi connectivity index (χ2n) is 2.67. The van der Waals surface area contributed by atoms with Crippen molar-refractivity contribution in [2.45, 2.75) is 6.29 Å². The van der Waals surface area contributed by atoms with E-state index in [1.54, 1.807) is 0 Å². The van der Waals surface area contributed by atoms with Crippen LogP contribution in [0, 0.1) is 5.82 Å². The second kappa shape index (κ2) is 3.49. The predicted octanol–water partition coefficient (Wildman–Crippen LogP) is 2.81. The van der Waals surface area contributed by atoms with Crippen LogP contribution in [-0.2, 0) is 9.47 Å². The summed E-state index contributed by atoms with van der Waals surface area (Å²) in [6.45, 7) is 0. The molecule has 5 heteroatoms. The molecule has 3 nitrogen and oxygen atoms in total. The molecule has 0 amide bonds. The molecular formula is C9H6BrFO3. The molecule has 0 aliphatic carbocycles. The molecule has 0 unspecified atom stereocenters. The Kier molecular flexibility index (Phi) is 2.33. The third kappa shape index (κ3) is 1.43. The maximum absolute atomic E-state index is 13.4. The van der Waals surface area contributed by atoms with E-state index in [2.05, 4.69) is 15.9 Å². The van der Waals surface area contributed by atoms with Crippen molar-refractivity contribution in [1.29, 1.82) is 0 Å². The summed E-state index contributed by atoms with van der Waals surface area (Å²) in [5, 5.41) is 9.16. The van der Waals surface area contributed by atoms with Crippen LogP contribution >= 0.6 is 15.9 Å². The number of ether oxygens (including phenoxy) is 2. The van der Waals surface area contributed by atoms with Crippen molar-refractivity contribution in [3.8, 4) is 5.75 Å². The Morgan fingerprint density at radius 3 is 2.57 bits per heavy atom. The van der Waals surface area contributed by atoms with Gasteiger partial charge < -0.3 is 14.6 Å². The first-order valence-electron chi connectivity index (χ1n) is 3.83. The van der Waals surface area contributed by atoms with E-state index in [1.165, 1.54) is 24.7 Å². The first kappa shape index (κ1) is 9.33. The monoisotopic (exact) mass is 260 g/mol. The Balaban J connectivity index is 2.45. The van der Waals surface area contributed by atoms with Gasteiger partial charge in [-0.3, -0.25) is 0 Å². The lowest BCUT2D eigenvalue weighted by Gasteiger charge is -2.13. The number of rotatable bonds is 1. The minimum absolute atomic E-state index is 0.148. The van der Waals surface area contributed by atoms with Crippen molar-refractivity contribution < 1.29 is 19.0 Å². The third-order valence-corrected chi connectivity index (χ3v) is 2.49. The normalized spacial score (nSPS) is 15.3. The van der Waals surface area contributed by atoms with Crippen molar-refractivity contribution in [1.82, 2.24) is 0 Å². The molecule has 0 spiro atoms. The third-order valence-electron chi connectivity index (χ3n) is 1.80. The maximum atomic E-state index is 13.4. The molecule has 0 saturated carbocycles. The fraction of sp³-hybridized carbons (Fsp3) is 0.111. The van der Waals surface area contributed by atoms with Gasteiger partial charge in [0.25, 0.3) is 6.29 Å². The van der Waals surface area contributed by atoms with Gasteiger partial charge in [-0.2, -0.15) is 0 Å². The van der Waals surface area contributed by atoms with Gasteiger partial charge in [0.2, 0.25) is 0 Å². The average molecular weight is 261 g/mol. The zero-order valence-corrected chi connectivity index (χ0v) is 8.49. The van der Waals surface area contributed by atoms with Gasteiger partial charge in [-0.25, -0.2) is 4.39 Å². The molecule has 0 bridgehead atoms. The Labute approximate surface area is 87.9 Å². The molecule has 0 saturated heterocycles. The standard InChI is InChI=1S/C9H6BrFO3/c10-5-1-2-6(12)8(11)7(5)9-13-3-4-14-9/h1-4,9,12H. The Morgan fingerprint density at radius 2 is 1.93 bits per heavy atom. The van der Waals surface area contributed by atoms with Crippen LogP contribution < -0.4 is 0 Å². The van der Waals surface area contributed by atoms with Gasteiger partial charge >= 0.3 is 0 Å². The molecule has 0 radical (unpaired) electrons. The lowest BCUT2D eigenvalue weighted by molar-refractivity contribution is -0.0279. The first-order valence-corrected chi connectivity index (χ1v) is 4.62. The van der Waals surface area contributed by atoms with Gasteiger partial charge in [-0.05, 0) is 12.1 Å². The van der Waals surface area contributed by atoms with E-state index in [-0.39, 0.29) is 5.56 Å². The van der Waals surface area contributed by atoms with E-state index < -0.39 is 17.9 Å². The van der Waals surface area contributed by atoms with Crippen LogP contribution in [0.5, 0.6) is 5.75 Å². The lowest BCUT2D eigenvalue weighted by atomic mass is 10.2. The van der Waals surface area contributed by atoms with Gasteiger partial charge in [0.1, 0.15) is 12.5 Å². The lowest BCUT2D eigenvalue weighted by Crippen LogP contribution is -2.02. The van der Waals surface area contributed by atoms with Crippen LogP contribution in [0.25, 0.3) is 0 Å². The molecule has 1 heterocycles. The summed E-state index contributed by atoms with van der Waals surface area (Å²) in [5.41, 5.74) is 0.148. The summed E-state index contributed by atoms with van der Waals surface area (Å²) < 4.78 is 23.9. The fourth-order valence-electron chi connectivity index (χ4n) is 1.15. The molecule has 1 aromatic rings. The number of halogens is 2. The van der Waals surface area contributed by atoms with E-state index in [9.17, 15) is 4.39 Å². The molecule has 14 heavy (non-hydrogen) atoms. The van der Waals surface area contributed by atoms with Gasteiger partial charge in [0.15, 0.2) is 11.6 Å². The quantitative estimate of drug-likeness (QED) is 0.844. The predicted molar refractivity (Wildman–Crippen MR) is 49.8 cm³/mol. The highest BCUT2D eigenvalue weighted by molar-refractivity contribution is 9.10. The second-order valence-corrected chi connectivity index (χ2v) is 3.52. The molecular weight excluding hydrogens is 255 g/mol. The van der Waals surface area contributed by atoms with Gasteiger partial charge in [0, 0.05) is 4.47 Å². The van der Waals surface area contributed by atoms with Crippen LogP contribution in [0.4, 0.5) is 4.39 Å². The van der Waals surface area contributed by atoms with E-state index in [0.717, 1.165) is 0 Å². The van der Waals surface area contributed by atoms with E-state index in [1.807, 2.05) is 0 Å². The Hall–Kier alpha value is -1.23. The summed E-state index contributed by atoms with van der Waals surface area (Å²) in [5.74, 6) is -1.17. The van der Waals surface area contributed by atoms with E-state index in [4.69, 9.17) is 14.6 Å². The summed E-state index contributed by atoms with van der Waals surface area (Å²) in [7, 11) is 0. The molecule has 1 aliphatic heterocycles. The highest BCUT2D eigenvalue weighted by Crippen LogP contribution is 2.35. The highest BCUT2D eigenvalue weighted by Gasteiger charge is 2.24.